The van der Waals surface area contributed by atoms with Crippen molar-refractivity contribution in [3.8, 4) is 0 Å². The van der Waals surface area contributed by atoms with Gasteiger partial charge < -0.3 is 4.90 Å². The molecule has 0 saturated heterocycles. The summed E-state index contributed by atoms with van der Waals surface area (Å²) in [6, 6.07) is 27.9. The highest BCUT2D eigenvalue weighted by atomic mass is 35.7. The molecule has 0 fully saturated rings. The van der Waals surface area contributed by atoms with E-state index in [-0.39, 0.29) is 5.41 Å². The summed E-state index contributed by atoms with van der Waals surface area (Å²) in [4.78, 5) is 2.11. The van der Waals surface area contributed by atoms with Crippen LogP contribution in [-0.4, -0.2) is 19.8 Å². The van der Waals surface area contributed by atoms with Gasteiger partial charge in [-0.2, -0.15) is 4.58 Å². The van der Waals surface area contributed by atoms with Crippen LogP contribution >= 0.6 is 0 Å². The van der Waals surface area contributed by atoms with E-state index in [4.69, 9.17) is 18.6 Å². The minimum Gasteiger partial charge on any atom is -0.378 e. The monoisotopic (exact) mass is 492 g/mol. The molecule has 0 aliphatic carbocycles. The Morgan fingerprint density at radius 2 is 1.29 bits per heavy atom. The second-order valence-electron chi connectivity index (χ2n) is 8.78. The van der Waals surface area contributed by atoms with Gasteiger partial charge >= 0.3 is 0 Å². The molecule has 1 aliphatic rings. The van der Waals surface area contributed by atoms with Crippen LogP contribution in [0.5, 0.6) is 0 Å². The Hall–Kier alpha value is -3.26. The van der Waals surface area contributed by atoms with Crippen LogP contribution in [0.3, 0.4) is 0 Å². The molecular formula is C28H29ClN2O4. The van der Waals surface area contributed by atoms with Crippen molar-refractivity contribution < 1.29 is 28.9 Å². The maximum atomic E-state index is 8.49. The minimum absolute atomic E-state index is 0.0653. The lowest BCUT2D eigenvalue weighted by Gasteiger charge is -2.17. The van der Waals surface area contributed by atoms with E-state index in [0.717, 1.165) is 0 Å². The summed E-state index contributed by atoms with van der Waals surface area (Å²) in [7, 11) is -0.824. The summed E-state index contributed by atoms with van der Waals surface area (Å²) >= 11 is 0. The summed E-state index contributed by atoms with van der Waals surface area (Å²) in [6.45, 7) is 4.61. The van der Waals surface area contributed by atoms with Gasteiger partial charge in [0.1, 0.15) is 0 Å². The molecule has 4 rings (SSSR count). The molecule has 0 saturated carbocycles. The molecule has 6 nitrogen and oxygen atoms in total. The van der Waals surface area contributed by atoms with Gasteiger partial charge in [0, 0.05) is 49.6 Å². The zero-order valence-electron chi connectivity index (χ0n) is 20.2. The molecule has 1 heterocycles. The number of fused-ring (bicyclic) bond motifs is 1. The number of allylic oxidation sites excluding steroid dienone is 3. The molecule has 3 aromatic rings. The number of nitrogens with zero attached hydrogens (tertiary/aromatic N) is 2. The smallest absolute Gasteiger partial charge is 0.215 e. The maximum Gasteiger partial charge on any atom is 0.215 e. The first kappa shape index (κ1) is 26.3. The fourth-order valence-electron chi connectivity index (χ4n) is 4.08. The lowest BCUT2D eigenvalue weighted by atomic mass is 9.81. The third-order valence-corrected chi connectivity index (χ3v) is 5.78. The molecule has 0 N–H and O–H groups in total. The summed E-state index contributed by atoms with van der Waals surface area (Å²) in [5.41, 5.74) is 7.44. The summed E-state index contributed by atoms with van der Waals surface area (Å²) in [6.07, 6.45) is 8.68. The highest BCUT2D eigenvalue weighted by Crippen LogP contribution is 2.41. The van der Waals surface area contributed by atoms with Gasteiger partial charge in [-0.05, 0) is 31.5 Å². The van der Waals surface area contributed by atoms with E-state index in [1.54, 1.807) is 0 Å². The summed E-state index contributed by atoms with van der Waals surface area (Å²) < 4.78 is 36.4. The average molecular weight is 493 g/mol. The molecule has 1 aliphatic heterocycles. The molecule has 182 valence electrons. The number of hydrogen-bond acceptors (Lipinski definition) is 5. The van der Waals surface area contributed by atoms with Gasteiger partial charge in [-0.15, -0.1) is 10.2 Å². The predicted octanol–water partition coefficient (Wildman–Crippen LogP) is 1.83. The third-order valence-electron chi connectivity index (χ3n) is 5.78. The SMILES string of the molecule is CN(C)c1ccc(/C=C/C=C/C2=[N+](c3ccccc3)c3ccccc3C2(C)C)cc1.[O-][Cl+3]([O-])([O-])[O-]. The molecule has 0 aromatic heterocycles. The van der Waals surface area contributed by atoms with E-state index >= 15 is 0 Å². The van der Waals surface area contributed by atoms with Gasteiger partial charge in [0.2, 0.25) is 11.4 Å². The predicted molar refractivity (Wildman–Crippen MR) is 131 cm³/mol. The van der Waals surface area contributed by atoms with Gasteiger partial charge in [-0.25, -0.2) is 18.6 Å². The standard InChI is InChI=1S/C28H29N2.ClHO4/c1-28(2)25-15-9-10-16-26(25)30(24-13-6-5-7-14-24)27(28)17-11-8-12-22-18-20-23(21-19-22)29(3)4;2-1(3,4)5/h5-21H,1-4H3;(H,2,3,4,5)/q+1;/p-1. The highest BCUT2D eigenvalue weighted by Gasteiger charge is 2.44. The van der Waals surface area contributed by atoms with Crippen LogP contribution in [0.1, 0.15) is 25.0 Å². The van der Waals surface area contributed by atoms with E-state index in [2.05, 4.69) is 141 Å². The molecule has 0 bridgehead atoms. The largest absolute Gasteiger partial charge is 0.378 e. The number of hydrogen-bond donors (Lipinski definition) is 0. The van der Waals surface area contributed by atoms with Crippen LogP contribution in [0.25, 0.3) is 6.08 Å². The molecule has 35 heavy (non-hydrogen) atoms. The van der Waals surface area contributed by atoms with Crippen LogP contribution < -0.4 is 28.1 Å². The third kappa shape index (κ3) is 6.88. The molecule has 0 amide bonds. The Labute approximate surface area is 208 Å². The molecule has 0 unspecified atom stereocenters. The van der Waals surface area contributed by atoms with Crippen LogP contribution in [0.15, 0.2) is 97.1 Å². The van der Waals surface area contributed by atoms with Crippen LogP contribution in [-0.2, 0) is 5.41 Å². The summed E-state index contributed by atoms with van der Waals surface area (Å²) in [5, 5.41) is 0. The van der Waals surface area contributed by atoms with Gasteiger partial charge in [-0.3, -0.25) is 0 Å². The van der Waals surface area contributed by atoms with Crippen molar-refractivity contribution >= 4 is 28.8 Å². The Morgan fingerprint density at radius 1 is 0.743 bits per heavy atom. The topological polar surface area (TPSA) is 98.5 Å². The van der Waals surface area contributed by atoms with Crippen molar-refractivity contribution in [2.24, 2.45) is 0 Å². The Morgan fingerprint density at radius 3 is 1.89 bits per heavy atom. The second kappa shape index (κ2) is 11.0. The van der Waals surface area contributed by atoms with E-state index in [1.807, 2.05) is 0 Å². The first-order valence-corrected chi connectivity index (χ1v) is 12.3. The lowest BCUT2D eigenvalue weighted by molar-refractivity contribution is -2.00. The van der Waals surface area contributed by atoms with Crippen LogP contribution in [0, 0.1) is 10.2 Å². The van der Waals surface area contributed by atoms with E-state index in [9.17, 15) is 0 Å². The quantitative estimate of drug-likeness (QED) is 0.400. The van der Waals surface area contributed by atoms with E-state index < -0.39 is 10.2 Å². The van der Waals surface area contributed by atoms with Crippen molar-refractivity contribution in [3.05, 3.63) is 108 Å². The number of halogens is 1. The molecule has 3 aromatic carbocycles. The van der Waals surface area contributed by atoms with Gasteiger partial charge in [0.05, 0.1) is 5.41 Å². The van der Waals surface area contributed by atoms with Gasteiger partial charge in [-0.1, -0.05) is 66.8 Å². The zero-order chi connectivity index (χ0) is 25.6. The van der Waals surface area contributed by atoms with Gasteiger partial charge in [0.25, 0.3) is 0 Å². The number of benzene rings is 3. The Bertz CT molecular complexity index is 1220. The van der Waals surface area contributed by atoms with E-state index in [0.29, 0.717) is 0 Å². The normalized spacial score (nSPS) is 14.7. The first-order valence-electron chi connectivity index (χ1n) is 11.0. The highest BCUT2D eigenvalue weighted by molar-refractivity contribution is 6.10. The number of anilines is 1. The molecular weight excluding hydrogens is 464 g/mol. The molecule has 0 atom stereocenters. The maximum absolute atomic E-state index is 8.49. The zero-order valence-corrected chi connectivity index (χ0v) is 21.0. The lowest BCUT2D eigenvalue weighted by Crippen LogP contribution is -2.68. The first-order chi connectivity index (χ1) is 16.5. The minimum atomic E-state index is -4.94. The molecule has 0 spiro atoms. The Balaban J connectivity index is 0.000000623. The molecule has 7 heteroatoms. The van der Waals surface area contributed by atoms with Gasteiger partial charge in [0.15, 0.2) is 5.71 Å². The average Bonchev–Trinajstić information content (AvgIpc) is 3.03. The van der Waals surface area contributed by atoms with Crippen molar-refractivity contribution in [2.75, 3.05) is 19.0 Å². The van der Waals surface area contributed by atoms with Crippen molar-refractivity contribution in [1.82, 2.24) is 4.58 Å². The Kier molecular flexibility index (Phi) is 8.27. The van der Waals surface area contributed by atoms with E-state index in [1.165, 1.54) is 33.9 Å². The second-order valence-corrected chi connectivity index (χ2v) is 9.54. The van der Waals surface area contributed by atoms with Crippen LogP contribution in [0.4, 0.5) is 17.1 Å². The van der Waals surface area contributed by atoms with Crippen LogP contribution in [0.2, 0.25) is 0 Å². The number of para-hydroxylation sites is 2. The fourth-order valence-corrected chi connectivity index (χ4v) is 4.08. The van der Waals surface area contributed by atoms with Crippen molar-refractivity contribution in [1.29, 1.82) is 0 Å². The fraction of sp³-hybridized carbons (Fsp3) is 0.179. The number of rotatable bonds is 5. The molecule has 0 radical (unpaired) electrons. The van der Waals surface area contributed by atoms with Crippen molar-refractivity contribution in [3.63, 3.8) is 0 Å². The van der Waals surface area contributed by atoms with Crippen molar-refractivity contribution in [2.45, 2.75) is 19.3 Å². The summed E-state index contributed by atoms with van der Waals surface area (Å²) in [5.74, 6) is 0.